The number of aromatic nitrogens is 2. The van der Waals surface area contributed by atoms with Gasteiger partial charge >= 0.3 is 5.69 Å². The summed E-state index contributed by atoms with van der Waals surface area (Å²) in [6, 6.07) is 4.89. The number of aromatic amines is 1. The normalized spacial score (nSPS) is 17.4. The molecule has 136 valence electrons. The minimum atomic E-state index is -0.461. The Morgan fingerprint density at radius 3 is 2.76 bits per heavy atom. The molecule has 1 saturated heterocycles. The van der Waals surface area contributed by atoms with Crippen molar-refractivity contribution in [1.29, 1.82) is 0 Å². The van der Waals surface area contributed by atoms with Crippen molar-refractivity contribution in [3.8, 4) is 0 Å². The number of amides is 1. The number of likely N-dealkylation sites (tertiary alicyclic amines) is 1. The summed E-state index contributed by atoms with van der Waals surface area (Å²) in [5.41, 5.74) is 5.84. The van der Waals surface area contributed by atoms with Crippen LogP contribution in [-0.4, -0.2) is 39.5 Å². The summed E-state index contributed by atoms with van der Waals surface area (Å²) in [5.74, 6) is -0.104. The van der Waals surface area contributed by atoms with Crippen LogP contribution in [0.4, 0.5) is 0 Å². The quantitative estimate of drug-likeness (QED) is 0.848. The lowest BCUT2D eigenvalue weighted by molar-refractivity contribution is 0.0623. The number of benzene rings is 1. The number of carbonyl (C=O) groups is 1. The summed E-state index contributed by atoms with van der Waals surface area (Å²) in [4.78, 5) is 41.5. The van der Waals surface area contributed by atoms with Crippen molar-refractivity contribution >= 4 is 29.2 Å². The average Bonchev–Trinajstić information content (AvgIpc) is 2.61. The molecule has 7 nitrogen and oxygen atoms in total. The largest absolute Gasteiger partial charge is 0.334 e. The highest BCUT2D eigenvalue weighted by molar-refractivity contribution is 5.97. The molecule has 2 aromatic rings. The molecule has 1 fully saturated rings. The van der Waals surface area contributed by atoms with Crippen LogP contribution in [-0.2, 0) is 6.54 Å². The SMILES string of the molecule is CCn1c(=O)[nH]c2cc(C(=O)N3CCCCC3CN)ccc2c1=O.Cl. The van der Waals surface area contributed by atoms with Gasteiger partial charge in [-0.25, -0.2) is 4.79 Å². The molecular weight excluding hydrogens is 344 g/mol. The minimum Gasteiger partial charge on any atom is -0.334 e. The third-order valence-electron chi connectivity index (χ3n) is 4.71. The van der Waals surface area contributed by atoms with Gasteiger partial charge in [0.1, 0.15) is 0 Å². The molecule has 1 aliphatic rings. The molecular formula is C17H23ClN4O3. The van der Waals surface area contributed by atoms with Gasteiger partial charge in [-0.1, -0.05) is 0 Å². The van der Waals surface area contributed by atoms with E-state index in [2.05, 4.69) is 4.98 Å². The van der Waals surface area contributed by atoms with Crippen LogP contribution in [0.1, 0.15) is 36.5 Å². The van der Waals surface area contributed by atoms with Gasteiger partial charge in [-0.15, -0.1) is 12.4 Å². The van der Waals surface area contributed by atoms with E-state index in [1.54, 1.807) is 30.0 Å². The summed E-state index contributed by atoms with van der Waals surface area (Å²) < 4.78 is 1.14. The number of halogens is 1. The van der Waals surface area contributed by atoms with E-state index < -0.39 is 5.69 Å². The van der Waals surface area contributed by atoms with Gasteiger partial charge in [-0.05, 0) is 44.4 Å². The van der Waals surface area contributed by atoms with E-state index in [4.69, 9.17) is 5.73 Å². The second-order valence-electron chi connectivity index (χ2n) is 6.12. The molecule has 1 aromatic heterocycles. The number of nitrogens with one attached hydrogen (secondary N) is 1. The standard InChI is InChI=1S/C17H22N4O3.ClH/c1-2-20-16(23)13-7-6-11(9-14(13)19-17(20)24)15(22)21-8-4-3-5-12(21)10-18;/h6-7,9,12H,2-5,8,10,18H2,1H3,(H,19,24);1H. The van der Waals surface area contributed by atoms with E-state index >= 15 is 0 Å². The Balaban J connectivity index is 0.00000225. The molecule has 0 saturated carbocycles. The highest BCUT2D eigenvalue weighted by Gasteiger charge is 2.26. The molecule has 2 heterocycles. The van der Waals surface area contributed by atoms with Gasteiger partial charge in [0, 0.05) is 31.2 Å². The maximum absolute atomic E-state index is 12.8. The molecule has 25 heavy (non-hydrogen) atoms. The first-order valence-electron chi connectivity index (χ1n) is 8.34. The summed E-state index contributed by atoms with van der Waals surface area (Å²) in [5, 5.41) is 0.405. The van der Waals surface area contributed by atoms with Gasteiger partial charge in [0.25, 0.3) is 11.5 Å². The van der Waals surface area contributed by atoms with Crippen LogP contribution in [0.5, 0.6) is 0 Å². The molecule has 8 heteroatoms. The van der Waals surface area contributed by atoms with Crippen LogP contribution in [0.2, 0.25) is 0 Å². The number of nitrogens with zero attached hydrogens (tertiary/aromatic N) is 2. The summed E-state index contributed by atoms with van der Waals surface area (Å²) in [6.07, 6.45) is 2.95. The second kappa shape index (κ2) is 7.84. The molecule has 0 radical (unpaired) electrons. The lowest BCUT2D eigenvalue weighted by atomic mass is 10.0. The maximum Gasteiger partial charge on any atom is 0.328 e. The molecule has 3 N–H and O–H groups in total. The van der Waals surface area contributed by atoms with Gasteiger partial charge in [-0.2, -0.15) is 0 Å². The summed E-state index contributed by atoms with van der Waals surface area (Å²) in [7, 11) is 0. The number of fused-ring (bicyclic) bond motifs is 1. The summed E-state index contributed by atoms with van der Waals surface area (Å²) in [6.45, 7) is 3.17. The van der Waals surface area contributed by atoms with E-state index in [0.717, 1.165) is 23.8 Å². The number of carbonyl (C=O) groups excluding carboxylic acids is 1. The van der Waals surface area contributed by atoms with Crippen molar-refractivity contribution in [3.63, 3.8) is 0 Å². The Morgan fingerprint density at radius 1 is 1.32 bits per heavy atom. The third kappa shape index (κ3) is 3.48. The van der Waals surface area contributed by atoms with Crippen molar-refractivity contribution in [3.05, 3.63) is 44.6 Å². The maximum atomic E-state index is 12.8. The van der Waals surface area contributed by atoms with Crippen molar-refractivity contribution in [2.45, 2.75) is 38.8 Å². The second-order valence-corrected chi connectivity index (χ2v) is 6.12. The zero-order valence-electron chi connectivity index (χ0n) is 14.2. The smallest absolute Gasteiger partial charge is 0.328 e. The van der Waals surface area contributed by atoms with Gasteiger partial charge in [0.2, 0.25) is 0 Å². The molecule has 0 aliphatic carbocycles. The molecule has 3 rings (SSSR count). The van der Waals surface area contributed by atoms with Crippen LogP contribution in [0.3, 0.4) is 0 Å². The van der Waals surface area contributed by atoms with Gasteiger partial charge in [-0.3, -0.25) is 14.2 Å². The molecule has 1 aromatic carbocycles. The first-order chi connectivity index (χ1) is 11.6. The zero-order chi connectivity index (χ0) is 17.3. The Hall–Kier alpha value is -2.12. The third-order valence-corrected chi connectivity index (χ3v) is 4.71. The van der Waals surface area contributed by atoms with Crippen LogP contribution in [0, 0.1) is 0 Å². The van der Waals surface area contributed by atoms with E-state index in [0.29, 0.717) is 36.1 Å². The van der Waals surface area contributed by atoms with Crippen molar-refractivity contribution in [2.24, 2.45) is 5.73 Å². The average molecular weight is 367 g/mol. The number of rotatable bonds is 3. The Morgan fingerprint density at radius 2 is 2.08 bits per heavy atom. The number of H-pyrrole nitrogens is 1. The van der Waals surface area contributed by atoms with Gasteiger partial charge in [0.15, 0.2) is 0 Å². The number of hydrogen-bond donors (Lipinski definition) is 2. The van der Waals surface area contributed by atoms with E-state index in [1.165, 1.54) is 0 Å². The van der Waals surface area contributed by atoms with Crippen molar-refractivity contribution in [1.82, 2.24) is 14.5 Å². The van der Waals surface area contributed by atoms with Gasteiger partial charge in [0.05, 0.1) is 10.9 Å². The first-order valence-corrected chi connectivity index (χ1v) is 8.34. The van der Waals surface area contributed by atoms with E-state index in [9.17, 15) is 14.4 Å². The number of piperidine rings is 1. The topological polar surface area (TPSA) is 101 Å². The number of nitrogens with two attached hydrogens (primary N) is 1. The predicted octanol–water partition coefficient (Wildman–Crippen LogP) is 1.08. The molecule has 0 bridgehead atoms. The van der Waals surface area contributed by atoms with E-state index in [1.807, 2.05) is 0 Å². The highest BCUT2D eigenvalue weighted by atomic mass is 35.5. The van der Waals surface area contributed by atoms with Gasteiger partial charge < -0.3 is 15.6 Å². The fourth-order valence-electron chi connectivity index (χ4n) is 3.35. The Bertz CT molecular complexity index is 890. The molecule has 1 atom stereocenters. The first kappa shape index (κ1) is 19.2. The van der Waals surface area contributed by atoms with Crippen LogP contribution in [0.15, 0.2) is 27.8 Å². The predicted molar refractivity (Wildman–Crippen MR) is 99.5 cm³/mol. The van der Waals surface area contributed by atoms with Crippen molar-refractivity contribution < 1.29 is 4.79 Å². The minimum absolute atomic E-state index is 0. The Kier molecular flexibility index (Phi) is 6.02. The fourth-order valence-corrected chi connectivity index (χ4v) is 3.35. The fraction of sp³-hybridized carbons (Fsp3) is 0.471. The summed E-state index contributed by atoms with van der Waals surface area (Å²) >= 11 is 0. The molecule has 1 aliphatic heterocycles. The van der Waals surface area contributed by atoms with Crippen LogP contribution in [0.25, 0.3) is 10.9 Å². The van der Waals surface area contributed by atoms with Crippen LogP contribution < -0.4 is 17.0 Å². The molecule has 0 spiro atoms. The Labute approximate surface area is 151 Å². The van der Waals surface area contributed by atoms with E-state index in [-0.39, 0.29) is 29.9 Å². The lowest BCUT2D eigenvalue weighted by Gasteiger charge is -2.35. The monoisotopic (exact) mass is 366 g/mol. The highest BCUT2D eigenvalue weighted by Crippen LogP contribution is 2.20. The van der Waals surface area contributed by atoms with Crippen LogP contribution >= 0.6 is 12.4 Å². The number of hydrogen-bond acceptors (Lipinski definition) is 4. The zero-order valence-corrected chi connectivity index (χ0v) is 15.0. The molecule has 1 amide bonds. The molecule has 1 unspecified atom stereocenters. The van der Waals surface area contributed by atoms with Crippen molar-refractivity contribution in [2.75, 3.05) is 13.1 Å². The lowest BCUT2D eigenvalue weighted by Crippen LogP contribution is -2.47.